The van der Waals surface area contributed by atoms with E-state index in [1.807, 2.05) is 0 Å². The predicted molar refractivity (Wildman–Crippen MR) is 69.6 cm³/mol. The Morgan fingerprint density at radius 2 is 2.22 bits per heavy atom. The molecule has 1 aromatic carbocycles. The lowest BCUT2D eigenvalue weighted by Crippen LogP contribution is -2.27. The highest BCUT2D eigenvalue weighted by Gasteiger charge is 2.15. The number of halogens is 1. The Morgan fingerprint density at radius 1 is 1.50 bits per heavy atom. The third kappa shape index (κ3) is 3.87. The summed E-state index contributed by atoms with van der Waals surface area (Å²) in [5.74, 6) is -1.07. The van der Waals surface area contributed by atoms with Crippen LogP contribution in [0.15, 0.2) is 18.2 Å². The number of carbonyl (C=O) groups is 1. The number of rotatable bonds is 7. The first-order chi connectivity index (χ1) is 8.60. The van der Waals surface area contributed by atoms with E-state index in [4.69, 9.17) is 26.2 Å². The molecule has 5 nitrogen and oxygen atoms in total. The summed E-state index contributed by atoms with van der Waals surface area (Å²) in [7, 11) is 3.15. The molecule has 0 aliphatic rings. The molecule has 0 saturated carbocycles. The van der Waals surface area contributed by atoms with Crippen molar-refractivity contribution in [2.45, 2.75) is 6.10 Å². The number of benzene rings is 1. The van der Waals surface area contributed by atoms with Crippen LogP contribution in [0.1, 0.15) is 10.4 Å². The summed E-state index contributed by atoms with van der Waals surface area (Å²) >= 11 is 5.86. The van der Waals surface area contributed by atoms with Gasteiger partial charge < -0.3 is 19.9 Å². The van der Waals surface area contributed by atoms with Crippen LogP contribution in [0.3, 0.4) is 0 Å². The van der Waals surface area contributed by atoms with E-state index in [2.05, 4.69) is 5.32 Å². The van der Waals surface area contributed by atoms with Crippen LogP contribution >= 0.6 is 11.6 Å². The van der Waals surface area contributed by atoms with Crippen molar-refractivity contribution in [1.82, 2.24) is 0 Å². The van der Waals surface area contributed by atoms with Crippen molar-refractivity contribution in [2.75, 3.05) is 32.7 Å². The molecular weight excluding hydrogens is 258 g/mol. The molecule has 0 spiro atoms. The molecule has 0 fully saturated rings. The summed E-state index contributed by atoms with van der Waals surface area (Å²) < 4.78 is 10.2. The molecule has 0 bridgehead atoms. The number of nitrogens with one attached hydrogen (secondary N) is 1. The van der Waals surface area contributed by atoms with Gasteiger partial charge in [0.15, 0.2) is 0 Å². The highest BCUT2D eigenvalue weighted by molar-refractivity contribution is 6.34. The maximum absolute atomic E-state index is 11.1. The van der Waals surface area contributed by atoms with Gasteiger partial charge in [0.05, 0.1) is 23.4 Å². The molecule has 0 radical (unpaired) electrons. The standard InChI is InChI=1S/C12H16ClNO4/c1-17-7-8(18-2)6-14-10-5-3-4-9(13)11(10)12(15)16/h3-5,8,14H,6-7H2,1-2H3,(H,15,16). The Balaban J connectivity index is 2.78. The van der Waals surface area contributed by atoms with Crippen LogP contribution in [0.4, 0.5) is 5.69 Å². The zero-order valence-electron chi connectivity index (χ0n) is 10.3. The minimum Gasteiger partial charge on any atom is -0.478 e. The molecule has 0 amide bonds. The summed E-state index contributed by atoms with van der Waals surface area (Å²) in [6, 6.07) is 4.89. The summed E-state index contributed by atoms with van der Waals surface area (Å²) in [5.41, 5.74) is 0.527. The highest BCUT2D eigenvalue weighted by atomic mass is 35.5. The lowest BCUT2D eigenvalue weighted by Gasteiger charge is -2.17. The number of methoxy groups -OCH3 is 2. The fourth-order valence-electron chi connectivity index (χ4n) is 1.51. The molecule has 0 aliphatic heterocycles. The largest absolute Gasteiger partial charge is 0.478 e. The minimum atomic E-state index is -1.07. The van der Waals surface area contributed by atoms with Crippen molar-refractivity contribution >= 4 is 23.3 Å². The van der Waals surface area contributed by atoms with Gasteiger partial charge in [0.25, 0.3) is 0 Å². The molecule has 100 valence electrons. The second-order valence-electron chi connectivity index (χ2n) is 3.66. The first kappa shape index (κ1) is 14.8. The molecule has 1 rings (SSSR count). The van der Waals surface area contributed by atoms with Crippen molar-refractivity contribution < 1.29 is 19.4 Å². The zero-order valence-corrected chi connectivity index (χ0v) is 11.0. The second kappa shape index (κ2) is 7.20. The Bertz CT molecular complexity index is 411. The molecule has 2 N–H and O–H groups in total. The first-order valence-electron chi connectivity index (χ1n) is 5.37. The van der Waals surface area contributed by atoms with E-state index in [-0.39, 0.29) is 16.7 Å². The van der Waals surface area contributed by atoms with Crippen LogP contribution in [0.25, 0.3) is 0 Å². The average molecular weight is 274 g/mol. The van der Waals surface area contributed by atoms with E-state index in [9.17, 15) is 4.79 Å². The number of ether oxygens (including phenoxy) is 2. The third-order valence-corrected chi connectivity index (χ3v) is 2.75. The molecule has 0 aromatic heterocycles. The van der Waals surface area contributed by atoms with Crippen molar-refractivity contribution in [1.29, 1.82) is 0 Å². The van der Waals surface area contributed by atoms with Crippen LogP contribution in [0, 0.1) is 0 Å². The second-order valence-corrected chi connectivity index (χ2v) is 4.07. The Morgan fingerprint density at radius 3 is 2.78 bits per heavy atom. The summed E-state index contributed by atoms with van der Waals surface area (Å²) in [4.78, 5) is 11.1. The topological polar surface area (TPSA) is 67.8 Å². The van der Waals surface area contributed by atoms with Gasteiger partial charge in [-0.1, -0.05) is 17.7 Å². The average Bonchev–Trinajstić information content (AvgIpc) is 2.33. The van der Waals surface area contributed by atoms with E-state index in [1.165, 1.54) is 0 Å². The van der Waals surface area contributed by atoms with Gasteiger partial charge in [0.1, 0.15) is 5.56 Å². The van der Waals surface area contributed by atoms with Gasteiger partial charge in [-0.3, -0.25) is 0 Å². The smallest absolute Gasteiger partial charge is 0.339 e. The zero-order chi connectivity index (χ0) is 13.5. The number of carboxylic acids is 1. The molecule has 18 heavy (non-hydrogen) atoms. The normalized spacial score (nSPS) is 12.2. The number of carboxylic acid groups (broad SMARTS) is 1. The summed E-state index contributed by atoms with van der Waals surface area (Å²) in [5, 5.41) is 12.3. The van der Waals surface area contributed by atoms with Gasteiger partial charge in [-0.05, 0) is 12.1 Å². The fourth-order valence-corrected chi connectivity index (χ4v) is 1.76. The van der Waals surface area contributed by atoms with Crippen LogP contribution in [0.2, 0.25) is 5.02 Å². The quantitative estimate of drug-likeness (QED) is 0.796. The van der Waals surface area contributed by atoms with Crippen molar-refractivity contribution in [2.24, 2.45) is 0 Å². The summed E-state index contributed by atoms with van der Waals surface area (Å²) in [6.07, 6.45) is -0.157. The van der Waals surface area contributed by atoms with Gasteiger partial charge in [-0.15, -0.1) is 0 Å². The Labute approximate surface area is 111 Å². The number of hydrogen-bond acceptors (Lipinski definition) is 4. The van der Waals surface area contributed by atoms with Crippen LogP contribution in [-0.2, 0) is 9.47 Å². The number of anilines is 1. The molecule has 1 atom stereocenters. The maximum atomic E-state index is 11.1. The first-order valence-corrected chi connectivity index (χ1v) is 5.75. The fraction of sp³-hybridized carbons (Fsp3) is 0.417. The lowest BCUT2D eigenvalue weighted by atomic mass is 10.1. The molecule has 1 unspecified atom stereocenters. The lowest BCUT2D eigenvalue weighted by molar-refractivity contribution is 0.0365. The van der Waals surface area contributed by atoms with E-state index >= 15 is 0 Å². The molecule has 0 aliphatic carbocycles. The molecule has 0 heterocycles. The van der Waals surface area contributed by atoms with Crippen LogP contribution < -0.4 is 5.32 Å². The number of aromatic carboxylic acids is 1. The van der Waals surface area contributed by atoms with Crippen molar-refractivity contribution in [3.63, 3.8) is 0 Å². The molecule has 1 aromatic rings. The van der Waals surface area contributed by atoms with Gasteiger partial charge in [0, 0.05) is 20.8 Å². The maximum Gasteiger partial charge on any atom is 0.339 e. The number of hydrogen-bond donors (Lipinski definition) is 2. The molecule has 6 heteroatoms. The van der Waals surface area contributed by atoms with E-state index < -0.39 is 5.97 Å². The van der Waals surface area contributed by atoms with Crippen LogP contribution in [0.5, 0.6) is 0 Å². The van der Waals surface area contributed by atoms with Gasteiger partial charge in [0.2, 0.25) is 0 Å². The van der Waals surface area contributed by atoms with Crippen LogP contribution in [-0.4, -0.2) is 44.6 Å². The van der Waals surface area contributed by atoms with Gasteiger partial charge in [-0.25, -0.2) is 4.79 Å². The van der Waals surface area contributed by atoms with Crippen molar-refractivity contribution in [3.05, 3.63) is 28.8 Å². The van der Waals surface area contributed by atoms with Gasteiger partial charge >= 0.3 is 5.97 Å². The van der Waals surface area contributed by atoms with E-state index in [1.54, 1.807) is 32.4 Å². The Hall–Kier alpha value is -1.30. The highest BCUT2D eigenvalue weighted by Crippen LogP contribution is 2.24. The molecular formula is C12H16ClNO4. The monoisotopic (exact) mass is 273 g/mol. The minimum absolute atomic E-state index is 0.0615. The van der Waals surface area contributed by atoms with Crippen molar-refractivity contribution in [3.8, 4) is 0 Å². The SMILES string of the molecule is COCC(CNc1cccc(Cl)c1C(=O)O)OC. The van der Waals surface area contributed by atoms with Gasteiger partial charge in [-0.2, -0.15) is 0 Å². The van der Waals surface area contributed by atoms with E-state index in [0.717, 1.165) is 0 Å². The predicted octanol–water partition coefficient (Wildman–Crippen LogP) is 2.11. The summed E-state index contributed by atoms with van der Waals surface area (Å²) in [6.45, 7) is 0.859. The molecule has 0 saturated heterocycles. The Kier molecular flexibility index (Phi) is 5.91. The van der Waals surface area contributed by atoms with E-state index in [0.29, 0.717) is 18.8 Å². The third-order valence-electron chi connectivity index (χ3n) is 2.43.